The number of benzene rings is 1. The summed E-state index contributed by atoms with van der Waals surface area (Å²) in [7, 11) is 0. The Kier molecular flexibility index (Phi) is 3.12. The van der Waals surface area contributed by atoms with Gasteiger partial charge >= 0.3 is 0 Å². The fourth-order valence-electron chi connectivity index (χ4n) is 0.950. The van der Waals surface area contributed by atoms with Crippen LogP contribution in [0.25, 0.3) is 0 Å². The average Bonchev–Trinajstić information content (AvgIpc) is 2.21. The molecule has 0 unspecified atom stereocenters. The lowest BCUT2D eigenvalue weighted by Gasteiger charge is -1.98. The predicted octanol–water partition coefficient (Wildman–Crippen LogP) is 1.60. The van der Waals surface area contributed by atoms with Gasteiger partial charge in [-0.15, -0.1) is 6.42 Å². The fraction of sp³-hybridized carbons (Fsp3) is 0. The van der Waals surface area contributed by atoms with Crippen LogP contribution in [0.4, 0.5) is 11.4 Å². The Morgan fingerprint density at radius 2 is 1.86 bits per heavy atom. The van der Waals surface area contributed by atoms with E-state index in [0.717, 1.165) is 0 Å². The standard InChI is InChI=1S/C10H4N2O2/c1-2-8-4-3-5-9(11-6-13)10(8)12-7-14/h1,3-5H. The lowest BCUT2D eigenvalue weighted by molar-refractivity contribution is 0.564. The van der Waals surface area contributed by atoms with Crippen LogP contribution in [0.3, 0.4) is 0 Å². The molecule has 66 valence electrons. The summed E-state index contributed by atoms with van der Waals surface area (Å²) in [5.41, 5.74) is 0.747. The maximum absolute atomic E-state index is 10.1. The fourth-order valence-corrected chi connectivity index (χ4v) is 0.950. The summed E-state index contributed by atoms with van der Waals surface area (Å²) < 4.78 is 0. The third-order valence-corrected chi connectivity index (χ3v) is 1.49. The van der Waals surface area contributed by atoms with Gasteiger partial charge in [-0.2, -0.15) is 9.98 Å². The minimum absolute atomic E-state index is 0.161. The molecule has 4 heteroatoms. The zero-order valence-electron chi connectivity index (χ0n) is 7.02. The molecule has 4 nitrogen and oxygen atoms in total. The van der Waals surface area contributed by atoms with Crippen molar-refractivity contribution in [3.8, 4) is 12.3 Å². The van der Waals surface area contributed by atoms with Crippen LogP contribution in [0.1, 0.15) is 5.56 Å². The largest absolute Gasteiger partial charge is 0.240 e. The van der Waals surface area contributed by atoms with Crippen LogP contribution in [0.15, 0.2) is 28.2 Å². The summed E-state index contributed by atoms with van der Waals surface area (Å²) in [4.78, 5) is 26.9. The van der Waals surface area contributed by atoms with E-state index in [1.807, 2.05) is 0 Å². The summed E-state index contributed by atoms with van der Waals surface area (Å²) >= 11 is 0. The zero-order valence-corrected chi connectivity index (χ0v) is 7.02. The van der Waals surface area contributed by atoms with Crippen molar-refractivity contribution in [3.63, 3.8) is 0 Å². The first-order valence-corrected chi connectivity index (χ1v) is 3.59. The topological polar surface area (TPSA) is 58.9 Å². The molecule has 0 amide bonds. The summed E-state index contributed by atoms with van der Waals surface area (Å²) in [5.74, 6) is 2.32. The number of hydrogen-bond donors (Lipinski definition) is 0. The van der Waals surface area contributed by atoms with Crippen molar-refractivity contribution in [2.24, 2.45) is 9.98 Å². The highest BCUT2D eigenvalue weighted by Gasteiger charge is 2.04. The van der Waals surface area contributed by atoms with Gasteiger partial charge in [0, 0.05) is 0 Å². The van der Waals surface area contributed by atoms with Gasteiger partial charge in [0.25, 0.3) is 0 Å². The van der Waals surface area contributed by atoms with E-state index >= 15 is 0 Å². The van der Waals surface area contributed by atoms with E-state index in [1.165, 1.54) is 18.2 Å². The zero-order chi connectivity index (χ0) is 10.4. The van der Waals surface area contributed by atoms with E-state index in [4.69, 9.17) is 6.42 Å². The number of terminal acetylenes is 1. The molecular formula is C10H4N2O2. The molecule has 0 bridgehead atoms. The van der Waals surface area contributed by atoms with Crippen LogP contribution in [-0.4, -0.2) is 12.2 Å². The number of isocyanates is 2. The Balaban J connectivity index is 3.51. The first-order chi connectivity index (χ1) is 6.83. The lowest BCUT2D eigenvalue weighted by atomic mass is 10.1. The van der Waals surface area contributed by atoms with Crippen molar-refractivity contribution in [1.29, 1.82) is 0 Å². The van der Waals surface area contributed by atoms with Gasteiger partial charge in [-0.25, -0.2) is 9.59 Å². The normalized spacial score (nSPS) is 7.93. The maximum Gasteiger partial charge on any atom is 0.240 e. The number of carbonyl (C=O) groups excluding carboxylic acids is 2. The third-order valence-electron chi connectivity index (χ3n) is 1.49. The first kappa shape index (κ1) is 9.63. The molecule has 0 saturated carbocycles. The van der Waals surface area contributed by atoms with E-state index in [2.05, 4.69) is 15.9 Å². The highest BCUT2D eigenvalue weighted by atomic mass is 16.1. The van der Waals surface area contributed by atoms with E-state index < -0.39 is 0 Å². The lowest BCUT2D eigenvalue weighted by Crippen LogP contribution is -1.76. The van der Waals surface area contributed by atoms with Gasteiger partial charge in [0.05, 0.1) is 5.56 Å². The summed E-state index contributed by atoms with van der Waals surface area (Å²) in [6.45, 7) is 0. The maximum atomic E-state index is 10.1. The Hall–Kier alpha value is -2.46. The molecule has 1 aromatic rings. The van der Waals surface area contributed by atoms with Crippen molar-refractivity contribution >= 4 is 23.5 Å². The first-order valence-electron chi connectivity index (χ1n) is 3.59. The van der Waals surface area contributed by atoms with Crippen molar-refractivity contribution < 1.29 is 9.59 Å². The van der Waals surface area contributed by atoms with E-state index in [0.29, 0.717) is 5.56 Å². The molecule has 0 N–H and O–H groups in total. The van der Waals surface area contributed by atoms with Crippen LogP contribution < -0.4 is 0 Å². The second-order valence-electron chi connectivity index (χ2n) is 2.22. The predicted molar refractivity (Wildman–Crippen MR) is 49.9 cm³/mol. The second-order valence-corrected chi connectivity index (χ2v) is 2.22. The molecule has 0 heterocycles. The van der Waals surface area contributed by atoms with Gasteiger partial charge in [-0.1, -0.05) is 12.0 Å². The van der Waals surface area contributed by atoms with Crippen molar-refractivity contribution in [1.82, 2.24) is 0 Å². The highest BCUT2D eigenvalue weighted by molar-refractivity contribution is 5.74. The Morgan fingerprint density at radius 3 is 2.43 bits per heavy atom. The minimum atomic E-state index is 0.161. The molecule has 0 radical (unpaired) electrons. The van der Waals surface area contributed by atoms with Crippen LogP contribution in [0.5, 0.6) is 0 Å². The van der Waals surface area contributed by atoms with E-state index in [1.54, 1.807) is 12.1 Å². The number of hydrogen-bond acceptors (Lipinski definition) is 4. The molecule has 0 aliphatic rings. The minimum Gasteiger partial charge on any atom is -0.211 e. The van der Waals surface area contributed by atoms with Gasteiger partial charge in [0.1, 0.15) is 11.4 Å². The smallest absolute Gasteiger partial charge is 0.211 e. The third kappa shape index (κ3) is 1.82. The molecule has 1 aromatic carbocycles. The van der Waals surface area contributed by atoms with Gasteiger partial charge < -0.3 is 0 Å². The molecular weight excluding hydrogens is 180 g/mol. The molecule has 0 saturated heterocycles. The quantitative estimate of drug-likeness (QED) is 0.398. The van der Waals surface area contributed by atoms with Crippen LogP contribution >= 0.6 is 0 Å². The van der Waals surface area contributed by atoms with Crippen LogP contribution in [0.2, 0.25) is 0 Å². The number of nitrogens with zero attached hydrogens (tertiary/aromatic N) is 2. The van der Waals surface area contributed by atoms with Gasteiger partial charge in [0.15, 0.2) is 0 Å². The number of para-hydroxylation sites is 1. The average molecular weight is 184 g/mol. The van der Waals surface area contributed by atoms with Gasteiger partial charge in [-0.05, 0) is 12.1 Å². The van der Waals surface area contributed by atoms with E-state index in [-0.39, 0.29) is 11.4 Å². The molecule has 0 atom stereocenters. The Morgan fingerprint density at radius 1 is 1.14 bits per heavy atom. The van der Waals surface area contributed by atoms with Crippen molar-refractivity contribution in [2.45, 2.75) is 0 Å². The Labute approximate surface area is 80.0 Å². The van der Waals surface area contributed by atoms with Crippen LogP contribution in [-0.2, 0) is 9.59 Å². The molecule has 0 fully saturated rings. The summed E-state index contributed by atoms with van der Waals surface area (Å²) in [6.07, 6.45) is 7.86. The number of aliphatic imine (C=N–C) groups is 2. The van der Waals surface area contributed by atoms with Crippen molar-refractivity contribution in [3.05, 3.63) is 23.8 Å². The monoisotopic (exact) mass is 184 g/mol. The number of rotatable bonds is 2. The van der Waals surface area contributed by atoms with E-state index in [9.17, 15) is 9.59 Å². The molecule has 0 aliphatic carbocycles. The van der Waals surface area contributed by atoms with Crippen LogP contribution in [0, 0.1) is 12.3 Å². The van der Waals surface area contributed by atoms with Crippen molar-refractivity contribution in [2.75, 3.05) is 0 Å². The molecule has 0 aromatic heterocycles. The summed E-state index contributed by atoms with van der Waals surface area (Å²) in [5, 5.41) is 0. The molecule has 0 spiro atoms. The highest BCUT2D eigenvalue weighted by Crippen LogP contribution is 2.30. The van der Waals surface area contributed by atoms with Gasteiger partial charge in [-0.3, -0.25) is 0 Å². The molecule has 0 aliphatic heterocycles. The molecule has 14 heavy (non-hydrogen) atoms. The van der Waals surface area contributed by atoms with Gasteiger partial charge in [0.2, 0.25) is 12.2 Å². The molecule has 1 rings (SSSR count). The second kappa shape index (κ2) is 4.54. The summed E-state index contributed by atoms with van der Waals surface area (Å²) in [6, 6.07) is 4.69. The SMILES string of the molecule is C#Cc1cccc(N=C=O)c1N=C=O. The Bertz CT molecular complexity index is 487.